The second-order valence-electron chi connectivity index (χ2n) is 8.54. The van der Waals surface area contributed by atoms with Gasteiger partial charge in [-0.3, -0.25) is 9.69 Å². The predicted molar refractivity (Wildman–Crippen MR) is 120 cm³/mol. The third-order valence-corrected chi connectivity index (χ3v) is 6.26. The Labute approximate surface area is 184 Å². The molecule has 1 aromatic heterocycles. The number of ether oxygens (including phenoxy) is 1. The van der Waals surface area contributed by atoms with Crippen LogP contribution in [0.25, 0.3) is 0 Å². The van der Waals surface area contributed by atoms with Crippen molar-refractivity contribution in [2.75, 3.05) is 44.8 Å². The van der Waals surface area contributed by atoms with E-state index in [1.807, 2.05) is 6.92 Å². The molecule has 8 heteroatoms. The van der Waals surface area contributed by atoms with E-state index in [0.29, 0.717) is 13.0 Å². The van der Waals surface area contributed by atoms with Crippen LogP contribution in [0.2, 0.25) is 0 Å². The SMILES string of the molecule is COCCC(=O)NC(C)c1nnc2n1CCN(Cc1ccc(N3CCCC3)cc1)CC2. The van der Waals surface area contributed by atoms with Gasteiger partial charge in [0.05, 0.1) is 12.6 Å². The number of hydrogen-bond donors (Lipinski definition) is 1. The number of nitrogens with one attached hydrogen (secondary N) is 1. The van der Waals surface area contributed by atoms with Gasteiger partial charge in [-0.05, 0) is 37.5 Å². The zero-order valence-electron chi connectivity index (χ0n) is 18.7. The zero-order chi connectivity index (χ0) is 21.6. The number of fused-ring (bicyclic) bond motifs is 1. The third kappa shape index (κ3) is 5.43. The number of carbonyl (C=O) groups excluding carboxylic acids is 1. The summed E-state index contributed by atoms with van der Waals surface area (Å²) in [5.41, 5.74) is 2.69. The van der Waals surface area contributed by atoms with E-state index in [1.165, 1.54) is 37.2 Å². The van der Waals surface area contributed by atoms with Crippen molar-refractivity contribution >= 4 is 11.6 Å². The molecule has 31 heavy (non-hydrogen) atoms. The first-order chi connectivity index (χ1) is 15.1. The maximum atomic E-state index is 12.0. The van der Waals surface area contributed by atoms with Crippen molar-refractivity contribution in [3.63, 3.8) is 0 Å². The molecule has 1 aromatic carbocycles. The van der Waals surface area contributed by atoms with Crippen molar-refractivity contribution < 1.29 is 9.53 Å². The van der Waals surface area contributed by atoms with Crippen LogP contribution in [0.3, 0.4) is 0 Å². The Kier molecular flexibility index (Phi) is 7.19. The molecule has 2 aliphatic rings. The molecule has 1 unspecified atom stereocenters. The van der Waals surface area contributed by atoms with Crippen molar-refractivity contribution in [2.45, 2.75) is 51.7 Å². The molecule has 0 bridgehead atoms. The molecule has 0 radical (unpaired) electrons. The van der Waals surface area contributed by atoms with E-state index in [0.717, 1.165) is 44.2 Å². The minimum atomic E-state index is -0.171. The van der Waals surface area contributed by atoms with Crippen LogP contribution in [-0.4, -0.2) is 65.5 Å². The molecule has 1 N–H and O–H groups in total. The number of anilines is 1. The van der Waals surface area contributed by atoms with Gasteiger partial charge in [-0.1, -0.05) is 12.1 Å². The fourth-order valence-corrected chi connectivity index (χ4v) is 4.49. The van der Waals surface area contributed by atoms with Crippen LogP contribution in [-0.2, 0) is 29.0 Å². The smallest absolute Gasteiger partial charge is 0.222 e. The highest BCUT2D eigenvalue weighted by Gasteiger charge is 2.23. The Morgan fingerprint density at radius 2 is 1.87 bits per heavy atom. The van der Waals surface area contributed by atoms with Gasteiger partial charge in [-0.25, -0.2) is 0 Å². The fourth-order valence-electron chi connectivity index (χ4n) is 4.49. The molecular weight excluding hydrogens is 392 g/mol. The Hall–Kier alpha value is -2.45. The highest BCUT2D eigenvalue weighted by atomic mass is 16.5. The molecule has 1 fully saturated rings. The lowest BCUT2D eigenvalue weighted by Gasteiger charge is -2.21. The lowest BCUT2D eigenvalue weighted by atomic mass is 10.2. The van der Waals surface area contributed by atoms with Crippen molar-refractivity contribution in [3.05, 3.63) is 41.5 Å². The molecule has 0 aliphatic carbocycles. The maximum absolute atomic E-state index is 12.0. The second-order valence-corrected chi connectivity index (χ2v) is 8.54. The molecule has 2 aliphatic heterocycles. The van der Waals surface area contributed by atoms with Crippen LogP contribution in [0.15, 0.2) is 24.3 Å². The average Bonchev–Trinajstić information content (AvgIpc) is 3.41. The predicted octanol–water partition coefficient (Wildman–Crippen LogP) is 2.15. The fraction of sp³-hybridized carbons (Fsp3) is 0.609. The highest BCUT2D eigenvalue weighted by Crippen LogP contribution is 2.22. The summed E-state index contributed by atoms with van der Waals surface area (Å²) in [6, 6.07) is 8.89. The first-order valence-corrected chi connectivity index (χ1v) is 11.4. The van der Waals surface area contributed by atoms with Gasteiger partial charge in [-0.15, -0.1) is 10.2 Å². The molecule has 0 spiro atoms. The van der Waals surface area contributed by atoms with E-state index in [1.54, 1.807) is 7.11 Å². The monoisotopic (exact) mass is 426 g/mol. The van der Waals surface area contributed by atoms with Gasteiger partial charge >= 0.3 is 0 Å². The molecule has 168 valence electrons. The second kappa shape index (κ2) is 10.2. The van der Waals surface area contributed by atoms with E-state index in [2.05, 4.69) is 54.1 Å². The Morgan fingerprint density at radius 1 is 1.10 bits per heavy atom. The number of rotatable bonds is 8. The molecule has 4 rings (SSSR count). The summed E-state index contributed by atoms with van der Waals surface area (Å²) in [5.74, 6) is 1.80. The van der Waals surface area contributed by atoms with Gasteiger partial charge in [0, 0.05) is 64.9 Å². The van der Waals surface area contributed by atoms with E-state index in [-0.39, 0.29) is 11.9 Å². The number of methoxy groups -OCH3 is 1. The van der Waals surface area contributed by atoms with Crippen LogP contribution in [0.1, 0.15) is 49.4 Å². The van der Waals surface area contributed by atoms with Gasteiger partial charge in [0.1, 0.15) is 5.82 Å². The van der Waals surface area contributed by atoms with Crippen LogP contribution in [0, 0.1) is 0 Å². The van der Waals surface area contributed by atoms with Gasteiger partial charge in [0.15, 0.2) is 5.82 Å². The minimum absolute atomic E-state index is 0.0284. The minimum Gasteiger partial charge on any atom is -0.384 e. The molecule has 0 saturated carbocycles. The van der Waals surface area contributed by atoms with Gasteiger partial charge in [0.25, 0.3) is 0 Å². The summed E-state index contributed by atoms with van der Waals surface area (Å²) in [5, 5.41) is 11.8. The van der Waals surface area contributed by atoms with Crippen molar-refractivity contribution in [3.8, 4) is 0 Å². The molecule has 1 amide bonds. The normalized spacial score (nSPS) is 17.9. The van der Waals surface area contributed by atoms with Crippen molar-refractivity contribution in [1.29, 1.82) is 0 Å². The van der Waals surface area contributed by atoms with Crippen LogP contribution in [0.5, 0.6) is 0 Å². The van der Waals surface area contributed by atoms with Gasteiger partial charge < -0.3 is 19.5 Å². The number of hydrogen-bond acceptors (Lipinski definition) is 6. The van der Waals surface area contributed by atoms with Crippen molar-refractivity contribution in [2.24, 2.45) is 0 Å². The van der Waals surface area contributed by atoms with E-state index >= 15 is 0 Å². The highest BCUT2D eigenvalue weighted by molar-refractivity contribution is 5.76. The van der Waals surface area contributed by atoms with Gasteiger partial charge in [-0.2, -0.15) is 0 Å². The van der Waals surface area contributed by atoms with Crippen LogP contribution < -0.4 is 10.2 Å². The lowest BCUT2D eigenvalue weighted by Crippen LogP contribution is -2.30. The van der Waals surface area contributed by atoms with Crippen molar-refractivity contribution in [1.82, 2.24) is 25.0 Å². The number of benzene rings is 1. The summed E-state index contributed by atoms with van der Waals surface area (Å²) in [4.78, 5) is 17.0. The summed E-state index contributed by atoms with van der Waals surface area (Å²) in [7, 11) is 1.60. The van der Waals surface area contributed by atoms with Crippen LogP contribution >= 0.6 is 0 Å². The van der Waals surface area contributed by atoms with Gasteiger partial charge in [0.2, 0.25) is 5.91 Å². The number of carbonyl (C=O) groups is 1. The standard InChI is InChI=1S/C23H34N6O2/c1-18(24-22(30)10-16-31-2)23-26-25-21-9-13-27(14-15-29(21)23)17-19-5-7-20(8-6-19)28-11-3-4-12-28/h5-8,18H,3-4,9-17H2,1-2H3,(H,24,30). The first-order valence-electron chi connectivity index (χ1n) is 11.4. The Bertz CT molecular complexity index is 859. The Morgan fingerprint density at radius 3 is 2.61 bits per heavy atom. The number of aromatic nitrogens is 3. The zero-order valence-corrected chi connectivity index (χ0v) is 18.7. The first kappa shape index (κ1) is 21.8. The molecule has 1 atom stereocenters. The van der Waals surface area contributed by atoms with Crippen LogP contribution in [0.4, 0.5) is 5.69 Å². The maximum Gasteiger partial charge on any atom is 0.222 e. The van der Waals surface area contributed by atoms with E-state index in [9.17, 15) is 4.79 Å². The summed E-state index contributed by atoms with van der Waals surface area (Å²) >= 11 is 0. The Balaban J connectivity index is 1.33. The largest absolute Gasteiger partial charge is 0.384 e. The number of amides is 1. The third-order valence-electron chi connectivity index (χ3n) is 6.26. The van der Waals surface area contributed by atoms with E-state index < -0.39 is 0 Å². The summed E-state index contributed by atoms with van der Waals surface area (Å²) in [6.07, 6.45) is 3.82. The van der Waals surface area contributed by atoms with E-state index in [4.69, 9.17) is 4.74 Å². The molecule has 3 heterocycles. The number of nitrogens with zero attached hydrogens (tertiary/aromatic N) is 5. The lowest BCUT2D eigenvalue weighted by molar-refractivity contribution is -0.122. The topological polar surface area (TPSA) is 75.5 Å². The average molecular weight is 427 g/mol. The molecule has 2 aromatic rings. The molecule has 8 nitrogen and oxygen atoms in total. The summed E-state index contributed by atoms with van der Waals surface area (Å²) < 4.78 is 7.16. The molecular formula is C23H34N6O2. The summed E-state index contributed by atoms with van der Waals surface area (Å²) in [6.45, 7) is 8.42. The molecule has 1 saturated heterocycles. The quantitative estimate of drug-likeness (QED) is 0.697.